The van der Waals surface area contributed by atoms with Gasteiger partial charge >= 0.3 is 5.97 Å². The average Bonchev–Trinajstić information content (AvgIpc) is 2.17. The summed E-state index contributed by atoms with van der Waals surface area (Å²) in [7, 11) is 0. The Balaban J connectivity index is 1.97. The van der Waals surface area contributed by atoms with Crippen molar-refractivity contribution in [3.05, 3.63) is 0 Å². The molecule has 0 amide bonds. The fraction of sp³-hybridized carbons (Fsp3) is 0.917. The molecule has 0 heterocycles. The van der Waals surface area contributed by atoms with Crippen molar-refractivity contribution in [3.8, 4) is 0 Å². The molecule has 0 spiro atoms. The van der Waals surface area contributed by atoms with Crippen molar-refractivity contribution in [2.24, 2.45) is 11.8 Å². The lowest BCUT2D eigenvalue weighted by Crippen LogP contribution is -2.23. The molecular formula is C12H23NO2. The fourth-order valence-electron chi connectivity index (χ4n) is 2.45. The fourth-order valence-corrected chi connectivity index (χ4v) is 2.45. The third-order valence-electron chi connectivity index (χ3n) is 3.29. The summed E-state index contributed by atoms with van der Waals surface area (Å²) in [5.41, 5.74) is 0. The molecule has 1 aliphatic carbocycles. The van der Waals surface area contributed by atoms with Gasteiger partial charge in [0.2, 0.25) is 0 Å². The maximum Gasteiger partial charge on any atom is 0.304 e. The molecule has 0 aliphatic heterocycles. The van der Waals surface area contributed by atoms with E-state index in [1.165, 1.54) is 32.1 Å². The van der Waals surface area contributed by atoms with Crippen LogP contribution >= 0.6 is 0 Å². The number of carboxylic acid groups (broad SMARTS) is 1. The van der Waals surface area contributed by atoms with Gasteiger partial charge in [-0.2, -0.15) is 0 Å². The minimum Gasteiger partial charge on any atom is -0.481 e. The van der Waals surface area contributed by atoms with E-state index in [1.807, 2.05) is 0 Å². The lowest BCUT2D eigenvalue weighted by atomic mass is 9.81. The molecule has 3 nitrogen and oxygen atoms in total. The monoisotopic (exact) mass is 213 g/mol. The highest BCUT2D eigenvalue weighted by Gasteiger charge is 2.17. The summed E-state index contributed by atoms with van der Waals surface area (Å²) < 4.78 is 0. The Morgan fingerprint density at radius 3 is 2.87 bits per heavy atom. The molecule has 2 N–H and O–H groups in total. The number of aliphatic carboxylic acids is 1. The second-order valence-corrected chi connectivity index (χ2v) is 4.82. The minimum atomic E-state index is -0.714. The van der Waals surface area contributed by atoms with Crippen LogP contribution in [0.15, 0.2) is 0 Å². The molecule has 1 rings (SSSR count). The molecule has 88 valence electrons. The van der Waals surface area contributed by atoms with Crippen LogP contribution in [-0.2, 0) is 4.79 Å². The van der Waals surface area contributed by atoms with Gasteiger partial charge in [0.1, 0.15) is 0 Å². The van der Waals surface area contributed by atoms with Gasteiger partial charge in [0.15, 0.2) is 0 Å². The van der Waals surface area contributed by atoms with Crippen LogP contribution in [0.4, 0.5) is 0 Å². The van der Waals surface area contributed by atoms with Gasteiger partial charge in [-0.05, 0) is 31.2 Å². The highest BCUT2D eigenvalue weighted by atomic mass is 16.4. The van der Waals surface area contributed by atoms with Crippen LogP contribution in [0.3, 0.4) is 0 Å². The molecule has 0 bridgehead atoms. The molecule has 2 unspecified atom stereocenters. The van der Waals surface area contributed by atoms with Gasteiger partial charge in [0, 0.05) is 6.54 Å². The second kappa shape index (κ2) is 6.83. The number of carbonyl (C=O) groups is 1. The normalized spacial score (nSPS) is 26.5. The molecule has 0 radical (unpaired) electrons. The summed E-state index contributed by atoms with van der Waals surface area (Å²) in [6.45, 7) is 3.92. The van der Waals surface area contributed by atoms with Gasteiger partial charge in [-0.25, -0.2) is 0 Å². The zero-order valence-electron chi connectivity index (χ0n) is 9.67. The van der Waals surface area contributed by atoms with Gasteiger partial charge in [-0.3, -0.25) is 4.79 Å². The number of rotatable bonds is 6. The summed E-state index contributed by atoms with van der Waals surface area (Å²) >= 11 is 0. The lowest BCUT2D eigenvalue weighted by molar-refractivity contribution is -0.136. The Kier molecular flexibility index (Phi) is 5.69. The van der Waals surface area contributed by atoms with E-state index in [9.17, 15) is 4.79 Å². The van der Waals surface area contributed by atoms with Crippen molar-refractivity contribution in [2.45, 2.75) is 45.4 Å². The lowest BCUT2D eigenvalue weighted by Gasteiger charge is -2.26. The molecule has 1 saturated carbocycles. The predicted octanol–water partition coefficient (Wildman–Crippen LogP) is 2.27. The molecular weight excluding hydrogens is 190 g/mol. The molecule has 0 aromatic heterocycles. The van der Waals surface area contributed by atoms with Crippen molar-refractivity contribution in [3.63, 3.8) is 0 Å². The molecule has 0 saturated heterocycles. The van der Waals surface area contributed by atoms with Crippen LogP contribution in [0, 0.1) is 11.8 Å². The summed E-state index contributed by atoms with van der Waals surface area (Å²) in [6.07, 6.45) is 6.94. The molecule has 0 aromatic rings. The third-order valence-corrected chi connectivity index (χ3v) is 3.29. The number of hydrogen-bond donors (Lipinski definition) is 2. The standard InChI is InChI=1S/C12H23NO2/c1-10-3-2-4-11(9-10)5-7-13-8-6-12(14)15/h10-11,13H,2-9H2,1H3,(H,14,15). The Labute approximate surface area is 92.3 Å². The van der Waals surface area contributed by atoms with Crippen LogP contribution in [0.1, 0.15) is 45.4 Å². The van der Waals surface area contributed by atoms with Gasteiger partial charge in [0.25, 0.3) is 0 Å². The van der Waals surface area contributed by atoms with E-state index in [2.05, 4.69) is 12.2 Å². The summed E-state index contributed by atoms with van der Waals surface area (Å²) in [4.78, 5) is 10.3. The first-order chi connectivity index (χ1) is 7.18. The zero-order valence-corrected chi connectivity index (χ0v) is 9.67. The Hall–Kier alpha value is -0.570. The van der Waals surface area contributed by atoms with Crippen LogP contribution in [0.5, 0.6) is 0 Å². The quantitative estimate of drug-likeness (QED) is 0.665. The minimum absolute atomic E-state index is 0.237. The van der Waals surface area contributed by atoms with Crippen LogP contribution in [-0.4, -0.2) is 24.2 Å². The number of carboxylic acids is 1. The summed E-state index contributed by atoms with van der Waals surface area (Å²) in [5.74, 6) is 1.04. The summed E-state index contributed by atoms with van der Waals surface area (Å²) in [6, 6.07) is 0. The largest absolute Gasteiger partial charge is 0.481 e. The van der Waals surface area contributed by atoms with Crippen molar-refractivity contribution in [2.75, 3.05) is 13.1 Å². The Morgan fingerprint density at radius 1 is 1.40 bits per heavy atom. The number of nitrogens with one attached hydrogen (secondary N) is 1. The zero-order chi connectivity index (χ0) is 11.1. The van der Waals surface area contributed by atoms with Gasteiger partial charge in [-0.15, -0.1) is 0 Å². The van der Waals surface area contributed by atoms with E-state index in [0.717, 1.165) is 18.4 Å². The molecule has 1 fully saturated rings. The molecule has 2 atom stereocenters. The maximum atomic E-state index is 10.3. The van der Waals surface area contributed by atoms with Gasteiger partial charge < -0.3 is 10.4 Å². The highest BCUT2D eigenvalue weighted by molar-refractivity contribution is 5.66. The molecule has 0 aromatic carbocycles. The van der Waals surface area contributed by atoms with Crippen molar-refractivity contribution < 1.29 is 9.90 Å². The predicted molar refractivity (Wildman–Crippen MR) is 60.9 cm³/mol. The van der Waals surface area contributed by atoms with Gasteiger partial charge in [-0.1, -0.05) is 26.2 Å². The first kappa shape index (κ1) is 12.5. The van der Waals surface area contributed by atoms with Crippen LogP contribution < -0.4 is 5.32 Å². The SMILES string of the molecule is CC1CCCC(CCNCCC(=O)O)C1. The third kappa shape index (κ3) is 5.78. The first-order valence-electron chi connectivity index (χ1n) is 6.11. The van der Waals surface area contributed by atoms with E-state index in [1.54, 1.807) is 0 Å². The summed E-state index contributed by atoms with van der Waals surface area (Å²) in [5, 5.41) is 11.7. The maximum absolute atomic E-state index is 10.3. The molecule has 3 heteroatoms. The second-order valence-electron chi connectivity index (χ2n) is 4.82. The number of hydrogen-bond acceptors (Lipinski definition) is 2. The van der Waals surface area contributed by atoms with E-state index in [4.69, 9.17) is 5.11 Å². The van der Waals surface area contributed by atoms with E-state index < -0.39 is 5.97 Å². The topological polar surface area (TPSA) is 49.3 Å². The van der Waals surface area contributed by atoms with E-state index >= 15 is 0 Å². The Morgan fingerprint density at radius 2 is 2.20 bits per heavy atom. The average molecular weight is 213 g/mol. The van der Waals surface area contributed by atoms with Crippen LogP contribution in [0.2, 0.25) is 0 Å². The molecule has 15 heavy (non-hydrogen) atoms. The van der Waals surface area contributed by atoms with Gasteiger partial charge in [0.05, 0.1) is 6.42 Å². The van der Waals surface area contributed by atoms with Crippen molar-refractivity contribution >= 4 is 5.97 Å². The van der Waals surface area contributed by atoms with Crippen LogP contribution in [0.25, 0.3) is 0 Å². The van der Waals surface area contributed by atoms with E-state index in [-0.39, 0.29) is 6.42 Å². The van der Waals surface area contributed by atoms with E-state index in [0.29, 0.717) is 6.54 Å². The highest BCUT2D eigenvalue weighted by Crippen LogP contribution is 2.30. The molecule has 1 aliphatic rings. The first-order valence-corrected chi connectivity index (χ1v) is 6.11. The van der Waals surface area contributed by atoms with Crippen molar-refractivity contribution in [1.29, 1.82) is 0 Å². The Bertz CT molecular complexity index is 194. The van der Waals surface area contributed by atoms with Crippen molar-refractivity contribution in [1.82, 2.24) is 5.32 Å². The smallest absolute Gasteiger partial charge is 0.304 e.